The molecular weight excluding hydrogens is 292 g/mol. The molecule has 3 heterocycles. The van der Waals surface area contributed by atoms with E-state index in [1.807, 2.05) is 0 Å². The molecule has 0 aliphatic carbocycles. The van der Waals surface area contributed by atoms with E-state index < -0.39 is 30.4 Å². The van der Waals surface area contributed by atoms with Gasteiger partial charge >= 0.3 is 0 Å². The topological polar surface area (TPSA) is 176 Å². The van der Waals surface area contributed by atoms with E-state index in [1.54, 1.807) is 0 Å². The SMILES string of the molecule is NC(=O)c1cn([C@@H]2O[C@H](CO)[C@@H](O)[C@@H]2N)c2ncnc(N)c12. The number of hydrogen-bond acceptors (Lipinski definition) is 8. The lowest BCUT2D eigenvalue weighted by Crippen LogP contribution is -2.39. The van der Waals surface area contributed by atoms with Crippen molar-refractivity contribution in [2.45, 2.75) is 24.5 Å². The average molecular weight is 308 g/mol. The number of carbonyl (C=O) groups excluding carboxylic acids is 1. The van der Waals surface area contributed by atoms with Gasteiger partial charge in [-0.05, 0) is 0 Å². The van der Waals surface area contributed by atoms with E-state index in [1.165, 1.54) is 17.1 Å². The zero-order chi connectivity index (χ0) is 16.0. The number of aromatic nitrogens is 3. The Kier molecular flexibility index (Phi) is 3.45. The van der Waals surface area contributed by atoms with E-state index in [2.05, 4.69) is 9.97 Å². The maximum absolute atomic E-state index is 11.6. The summed E-state index contributed by atoms with van der Waals surface area (Å²) in [6.45, 7) is -0.385. The van der Waals surface area contributed by atoms with E-state index in [0.29, 0.717) is 11.0 Å². The van der Waals surface area contributed by atoms with Crippen LogP contribution >= 0.6 is 0 Å². The monoisotopic (exact) mass is 308 g/mol. The summed E-state index contributed by atoms with van der Waals surface area (Å²) >= 11 is 0. The fourth-order valence-electron chi connectivity index (χ4n) is 2.66. The van der Waals surface area contributed by atoms with Crippen molar-refractivity contribution in [3.63, 3.8) is 0 Å². The summed E-state index contributed by atoms with van der Waals surface area (Å²) in [7, 11) is 0. The Labute approximate surface area is 124 Å². The lowest BCUT2D eigenvalue weighted by atomic mass is 10.1. The summed E-state index contributed by atoms with van der Waals surface area (Å²) in [5.41, 5.74) is 17.5. The van der Waals surface area contributed by atoms with Crippen molar-refractivity contribution >= 4 is 22.8 Å². The van der Waals surface area contributed by atoms with Gasteiger partial charge in [0.25, 0.3) is 5.91 Å². The molecule has 3 rings (SSSR count). The summed E-state index contributed by atoms with van der Waals surface area (Å²) < 4.78 is 7.02. The van der Waals surface area contributed by atoms with Gasteiger partial charge in [-0.2, -0.15) is 0 Å². The molecular formula is C12H16N6O4. The molecule has 0 saturated carbocycles. The predicted molar refractivity (Wildman–Crippen MR) is 75.4 cm³/mol. The van der Waals surface area contributed by atoms with Gasteiger partial charge in [0.1, 0.15) is 30.0 Å². The number of fused-ring (bicyclic) bond motifs is 1. The number of nitrogens with two attached hydrogens (primary N) is 3. The number of aliphatic hydroxyl groups is 2. The fraction of sp³-hybridized carbons (Fsp3) is 0.417. The fourth-order valence-corrected chi connectivity index (χ4v) is 2.66. The van der Waals surface area contributed by atoms with Crippen LogP contribution in [0.3, 0.4) is 0 Å². The normalized spacial score (nSPS) is 28.3. The number of ether oxygens (including phenoxy) is 1. The van der Waals surface area contributed by atoms with Gasteiger partial charge in [-0.3, -0.25) is 4.79 Å². The Morgan fingerprint density at radius 2 is 2.18 bits per heavy atom. The minimum absolute atomic E-state index is 0.100. The van der Waals surface area contributed by atoms with Gasteiger partial charge in [0.2, 0.25) is 0 Å². The van der Waals surface area contributed by atoms with Crippen LogP contribution in [0.25, 0.3) is 11.0 Å². The second-order valence-corrected chi connectivity index (χ2v) is 5.09. The Hall–Kier alpha value is -2.27. The smallest absolute Gasteiger partial charge is 0.251 e. The van der Waals surface area contributed by atoms with Crippen LogP contribution in [0, 0.1) is 0 Å². The molecule has 0 bridgehead atoms. The van der Waals surface area contributed by atoms with Crippen molar-refractivity contribution in [3.8, 4) is 0 Å². The number of nitrogen functional groups attached to an aromatic ring is 1. The third-order valence-electron chi connectivity index (χ3n) is 3.78. The number of rotatable bonds is 3. The van der Waals surface area contributed by atoms with Crippen LogP contribution in [0.15, 0.2) is 12.5 Å². The number of anilines is 1. The Balaban J connectivity index is 2.16. The summed E-state index contributed by atoms with van der Waals surface area (Å²) in [5, 5.41) is 19.5. The molecule has 0 spiro atoms. The number of primary amides is 1. The molecule has 4 atom stereocenters. The quantitative estimate of drug-likeness (QED) is 0.420. The van der Waals surface area contributed by atoms with Gasteiger partial charge in [-0.1, -0.05) is 0 Å². The van der Waals surface area contributed by atoms with Crippen LogP contribution in [0.5, 0.6) is 0 Å². The maximum atomic E-state index is 11.6. The molecule has 0 unspecified atom stereocenters. The zero-order valence-corrected chi connectivity index (χ0v) is 11.5. The first-order valence-corrected chi connectivity index (χ1v) is 6.56. The van der Waals surface area contributed by atoms with Crippen molar-refractivity contribution in [1.82, 2.24) is 14.5 Å². The second-order valence-electron chi connectivity index (χ2n) is 5.09. The lowest BCUT2D eigenvalue weighted by Gasteiger charge is -2.18. The first-order chi connectivity index (χ1) is 10.5. The highest BCUT2D eigenvalue weighted by Gasteiger charge is 2.43. The average Bonchev–Trinajstić information content (AvgIpc) is 3.00. The third-order valence-corrected chi connectivity index (χ3v) is 3.78. The van der Waals surface area contributed by atoms with Crippen LogP contribution < -0.4 is 17.2 Å². The molecule has 1 fully saturated rings. The molecule has 10 heteroatoms. The largest absolute Gasteiger partial charge is 0.394 e. The van der Waals surface area contributed by atoms with Crippen molar-refractivity contribution in [2.24, 2.45) is 11.5 Å². The molecule has 1 aliphatic heterocycles. The summed E-state index contributed by atoms with van der Waals surface area (Å²) in [6, 6.07) is -0.815. The van der Waals surface area contributed by atoms with Gasteiger partial charge in [0, 0.05) is 6.20 Å². The molecule has 2 aromatic heterocycles. The molecule has 8 N–H and O–H groups in total. The van der Waals surface area contributed by atoms with Crippen LogP contribution in [-0.4, -0.2) is 55.5 Å². The molecule has 0 radical (unpaired) electrons. The molecule has 1 saturated heterocycles. The summed E-state index contributed by atoms with van der Waals surface area (Å²) in [6.07, 6.45) is -0.0524. The highest BCUT2D eigenvalue weighted by molar-refractivity contribution is 6.08. The minimum atomic E-state index is -1.05. The zero-order valence-electron chi connectivity index (χ0n) is 11.5. The van der Waals surface area contributed by atoms with Crippen LogP contribution in [-0.2, 0) is 4.74 Å². The van der Waals surface area contributed by atoms with Crippen molar-refractivity contribution < 1.29 is 19.7 Å². The lowest BCUT2D eigenvalue weighted by molar-refractivity contribution is -0.0435. The Bertz CT molecular complexity index is 732. The Morgan fingerprint density at radius 1 is 1.45 bits per heavy atom. The van der Waals surface area contributed by atoms with Crippen LogP contribution in [0.1, 0.15) is 16.6 Å². The first-order valence-electron chi connectivity index (χ1n) is 6.56. The third kappa shape index (κ3) is 2.01. The van der Waals surface area contributed by atoms with E-state index in [4.69, 9.17) is 21.9 Å². The first kappa shape index (κ1) is 14.7. The highest BCUT2D eigenvalue weighted by Crippen LogP contribution is 2.33. The Morgan fingerprint density at radius 3 is 2.77 bits per heavy atom. The van der Waals surface area contributed by atoms with Gasteiger partial charge in [0.05, 0.1) is 23.6 Å². The second kappa shape index (κ2) is 5.18. The van der Waals surface area contributed by atoms with E-state index in [9.17, 15) is 15.0 Å². The van der Waals surface area contributed by atoms with Crippen LogP contribution in [0.4, 0.5) is 5.82 Å². The highest BCUT2D eigenvalue weighted by atomic mass is 16.5. The van der Waals surface area contributed by atoms with E-state index in [0.717, 1.165) is 0 Å². The van der Waals surface area contributed by atoms with E-state index in [-0.39, 0.29) is 18.0 Å². The minimum Gasteiger partial charge on any atom is -0.394 e. The van der Waals surface area contributed by atoms with E-state index >= 15 is 0 Å². The number of hydrogen-bond donors (Lipinski definition) is 5. The van der Waals surface area contributed by atoms with Crippen molar-refractivity contribution in [1.29, 1.82) is 0 Å². The number of nitrogens with zero attached hydrogens (tertiary/aromatic N) is 3. The number of carbonyl (C=O) groups is 1. The molecule has 1 amide bonds. The van der Waals surface area contributed by atoms with Crippen molar-refractivity contribution in [3.05, 3.63) is 18.1 Å². The van der Waals surface area contributed by atoms with Gasteiger partial charge in [0.15, 0.2) is 6.23 Å². The van der Waals surface area contributed by atoms with Gasteiger partial charge in [-0.15, -0.1) is 0 Å². The molecule has 1 aliphatic rings. The number of aliphatic hydroxyl groups excluding tert-OH is 2. The predicted octanol–water partition coefficient (Wildman–Crippen LogP) is -2.31. The van der Waals surface area contributed by atoms with Crippen molar-refractivity contribution in [2.75, 3.05) is 12.3 Å². The molecule has 2 aromatic rings. The van der Waals surface area contributed by atoms with Crippen LogP contribution in [0.2, 0.25) is 0 Å². The van der Waals surface area contributed by atoms with Gasteiger partial charge < -0.3 is 36.7 Å². The molecule has 10 nitrogen and oxygen atoms in total. The maximum Gasteiger partial charge on any atom is 0.251 e. The molecule has 0 aromatic carbocycles. The summed E-state index contributed by atoms with van der Waals surface area (Å²) in [4.78, 5) is 19.5. The number of amides is 1. The standard InChI is InChI=1S/C12H16N6O4/c13-7-8(20)5(2-19)22-12(7)18-1-4(10(15)21)6-9(14)16-3-17-11(6)18/h1,3,5,7-8,12,19-20H,2,13H2,(H2,15,21)(H2,14,16,17)/t5-,7+,8-,12-/m1/s1. The molecule has 22 heavy (non-hydrogen) atoms. The summed E-state index contributed by atoms with van der Waals surface area (Å²) in [5.74, 6) is -0.598. The molecule has 118 valence electrons. The van der Waals surface area contributed by atoms with Gasteiger partial charge in [-0.25, -0.2) is 9.97 Å².